The number of nitrogens with zero attached hydrogens (tertiary/aromatic N) is 4. The SMILES string of the molecule is CCNc1ncc2c(n1)N(C)CCN(c1cccc(OC(CCOC(=O)NC)c3cccs3)c1)C2=O. The monoisotopic (exact) mass is 510 g/mol. The van der Waals surface area contributed by atoms with Crippen LogP contribution in [0.1, 0.15) is 34.7 Å². The molecular weight excluding hydrogens is 480 g/mol. The van der Waals surface area contributed by atoms with Gasteiger partial charge in [-0.25, -0.2) is 9.78 Å². The fraction of sp³-hybridized carbons (Fsp3) is 0.360. The quantitative estimate of drug-likeness (QED) is 0.446. The van der Waals surface area contributed by atoms with Crippen molar-refractivity contribution in [3.63, 3.8) is 0 Å². The standard InChI is InChI=1S/C25H30N6O4S/c1-4-27-24-28-16-19-22(29-24)30(3)11-12-31(23(19)32)17-7-5-8-18(15-17)35-20(21-9-6-14-36-21)10-13-34-25(33)26-2/h5-9,14-16,20H,4,10-13H2,1-3H3,(H,26,33)(H,27,28,29). The first-order chi connectivity index (χ1) is 17.5. The Morgan fingerprint density at radius 1 is 1.25 bits per heavy atom. The number of carbonyl (C=O) groups is 2. The second kappa shape index (κ2) is 11.7. The van der Waals surface area contributed by atoms with Gasteiger partial charge in [-0.1, -0.05) is 12.1 Å². The highest BCUT2D eigenvalue weighted by atomic mass is 32.1. The molecule has 0 spiro atoms. The van der Waals surface area contributed by atoms with E-state index < -0.39 is 6.09 Å². The summed E-state index contributed by atoms with van der Waals surface area (Å²) in [4.78, 5) is 38.5. The number of anilines is 3. The highest BCUT2D eigenvalue weighted by Gasteiger charge is 2.28. The van der Waals surface area contributed by atoms with Gasteiger partial charge >= 0.3 is 6.09 Å². The molecule has 0 bridgehead atoms. The lowest BCUT2D eigenvalue weighted by Gasteiger charge is -2.23. The summed E-state index contributed by atoms with van der Waals surface area (Å²) in [5.41, 5.74) is 1.17. The van der Waals surface area contributed by atoms with Crippen LogP contribution in [0.25, 0.3) is 0 Å². The molecule has 0 aliphatic carbocycles. The van der Waals surface area contributed by atoms with Crippen LogP contribution in [-0.2, 0) is 4.74 Å². The molecule has 190 valence electrons. The van der Waals surface area contributed by atoms with Crippen LogP contribution in [0.5, 0.6) is 5.75 Å². The lowest BCUT2D eigenvalue weighted by atomic mass is 10.2. The van der Waals surface area contributed by atoms with Crippen LogP contribution in [0.2, 0.25) is 0 Å². The van der Waals surface area contributed by atoms with Gasteiger partial charge in [0.15, 0.2) is 0 Å². The van der Waals surface area contributed by atoms with Crippen LogP contribution < -0.4 is 25.2 Å². The van der Waals surface area contributed by atoms with Crippen molar-refractivity contribution in [2.75, 3.05) is 55.5 Å². The van der Waals surface area contributed by atoms with E-state index in [4.69, 9.17) is 9.47 Å². The fourth-order valence-corrected chi connectivity index (χ4v) is 4.65. The summed E-state index contributed by atoms with van der Waals surface area (Å²) in [6, 6.07) is 11.4. The minimum absolute atomic E-state index is 0.164. The van der Waals surface area contributed by atoms with E-state index in [2.05, 4.69) is 20.6 Å². The molecule has 0 fully saturated rings. The van der Waals surface area contributed by atoms with Gasteiger partial charge in [0.1, 0.15) is 23.2 Å². The molecule has 2 amide bonds. The molecule has 3 aromatic rings. The zero-order valence-electron chi connectivity index (χ0n) is 20.6. The van der Waals surface area contributed by atoms with E-state index in [1.807, 2.05) is 60.6 Å². The van der Waals surface area contributed by atoms with E-state index in [1.165, 1.54) is 7.05 Å². The number of likely N-dealkylation sites (N-methyl/N-ethyl adjacent to an activating group) is 1. The Morgan fingerprint density at radius 2 is 2.11 bits per heavy atom. The van der Waals surface area contributed by atoms with Crippen molar-refractivity contribution in [2.24, 2.45) is 0 Å². The molecule has 1 aromatic carbocycles. The van der Waals surface area contributed by atoms with Crippen LogP contribution in [0.15, 0.2) is 48.0 Å². The first-order valence-corrected chi connectivity index (χ1v) is 12.7. The lowest BCUT2D eigenvalue weighted by Crippen LogP contribution is -2.33. The summed E-state index contributed by atoms with van der Waals surface area (Å²) in [5, 5.41) is 7.52. The number of fused-ring (bicyclic) bond motifs is 1. The molecular formula is C25H30N6O4S. The summed E-state index contributed by atoms with van der Waals surface area (Å²) >= 11 is 1.58. The number of ether oxygens (including phenoxy) is 2. The molecule has 0 saturated carbocycles. The van der Waals surface area contributed by atoms with Gasteiger partial charge in [-0.3, -0.25) is 4.79 Å². The highest BCUT2D eigenvalue weighted by Crippen LogP contribution is 2.32. The van der Waals surface area contributed by atoms with Crippen molar-refractivity contribution in [1.82, 2.24) is 15.3 Å². The number of amides is 2. The first-order valence-electron chi connectivity index (χ1n) is 11.8. The summed E-state index contributed by atoms with van der Waals surface area (Å²) in [5.74, 6) is 1.56. The first kappa shape index (κ1) is 25.2. The molecule has 3 heterocycles. The maximum Gasteiger partial charge on any atom is 0.406 e. The van der Waals surface area contributed by atoms with Crippen molar-refractivity contribution >= 4 is 40.8 Å². The maximum absolute atomic E-state index is 13.5. The molecule has 2 aromatic heterocycles. The van der Waals surface area contributed by atoms with Crippen molar-refractivity contribution < 1.29 is 19.1 Å². The van der Waals surface area contributed by atoms with E-state index in [1.54, 1.807) is 22.4 Å². The van der Waals surface area contributed by atoms with Crippen molar-refractivity contribution in [3.8, 4) is 5.75 Å². The predicted molar refractivity (Wildman–Crippen MR) is 140 cm³/mol. The Labute approximate surface area is 214 Å². The minimum Gasteiger partial charge on any atom is -0.485 e. The smallest absolute Gasteiger partial charge is 0.406 e. The van der Waals surface area contributed by atoms with Gasteiger partial charge in [-0.15, -0.1) is 11.3 Å². The normalized spacial score (nSPS) is 14.0. The Kier molecular flexibility index (Phi) is 8.21. The molecule has 1 unspecified atom stereocenters. The summed E-state index contributed by atoms with van der Waals surface area (Å²) in [6.45, 7) is 3.98. The molecule has 36 heavy (non-hydrogen) atoms. The maximum atomic E-state index is 13.5. The fourth-order valence-electron chi connectivity index (χ4n) is 3.86. The van der Waals surface area contributed by atoms with E-state index in [0.717, 1.165) is 10.6 Å². The number of benzene rings is 1. The third kappa shape index (κ3) is 5.85. The van der Waals surface area contributed by atoms with E-state index in [-0.39, 0.29) is 18.6 Å². The van der Waals surface area contributed by atoms with E-state index in [9.17, 15) is 9.59 Å². The molecule has 4 rings (SSSR count). The third-order valence-corrected chi connectivity index (χ3v) is 6.65. The third-order valence-electron chi connectivity index (χ3n) is 5.69. The molecule has 1 aliphatic heterocycles. The highest BCUT2D eigenvalue weighted by molar-refractivity contribution is 7.10. The number of nitrogens with one attached hydrogen (secondary N) is 2. The Morgan fingerprint density at radius 3 is 2.86 bits per heavy atom. The summed E-state index contributed by atoms with van der Waals surface area (Å²) in [7, 11) is 3.44. The van der Waals surface area contributed by atoms with Crippen LogP contribution >= 0.6 is 11.3 Å². The van der Waals surface area contributed by atoms with Gasteiger partial charge in [0.2, 0.25) is 5.95 Å². The Hall–Kier alpha value is -3.86. The van der Waals surface area contributed by atoms with Gasteiger partial charge < -0.3 is 29.9 Å². The van der Waals surface area contributed by atoms with E-state index >= 15 is 0 Å². The van der Waals surface area contributed by atoms with Crippen molar-refractivity contribution in [3.05, 3.63) is 58.4 Å². The van der Waals surface area contributed by atoms with Gasteiger partial charge in [-0.2, -0.15) is 4.98 Å². The van der Waals surface area contributed by atoms with Gasteiger partial charge in [0, 0.05) is 63.0 Å². The number of hydrogen-bond acceptors (Lipinski definition) is 9. The molecule has 1 aliphatic rings. The van der Waals surface area contributed by atoms with Gasteiger partial charge in [0.25, 0.3) is 5.91 Å². The zero-order valence-corrected chi connectivity index (χ0v) is 21.4. The van der Waals surface area contributed by atoms with Crippen LogP contribution in [0, 0.1) is 0 Å². The molecule has 1 atom stereocenters. The second-order valence-electron chi connectivity index (χ2n) is 8.13. The number of aromatic nitrogens is 2. The number of hydrogen-bond donors (Lipinski definition) is 2. The topological polar surface area (TPSA) is 109 Å². The molecule has 0 saturated heterocycles. The van der Waals surface area contributed by atoms with Crippen molar-refractivity contribution in [1.29, 1.82) is 0 Å². The Bertz CT molecular complexity index is 1190. The van der Waals surface area contributed by atoms with Crippen LogP contribution in [0.3, 0.4) is 0 Å². The summed E-state index contributed by atoms with van der Waals surface area (Å²) < 4.78 is 11.5. The van der Waals surface area contributed by atoms with Gasteiger partial charge in [0.05, 0.1) is 6.61 Å². The average molecular weight is 511 g/mol. The van der Waals surface area contributed by atoms with Gasteiger partial charge in [-0.05, 0) is 30.5 Å². The number of rotatable bonds is 9. The van der Waals surface area contributed by atoms with Crippen molar-refractivity contribution in [2.45, 2.75) is 19.4 Å². The predicted octanol–water partition coefficient (Wildman–Crippen LogP) is 3.93. The molecule has 2 N–H and O–H groups in total. The van der Waals surface area contributed by atoms with Crippen LogP contribution in [-0.4, -0.2) is 62.3 Å². The number of thiophene rings is 1. The van der Waals surface area contributed by atoms with E-state index in [0.29, 0.717) is 49.1 Å². The number of carbonyl (C=O) groups excluding carboxylic acids is 2. The molecule has 0 radical (unpaired) electrons. The summed E-state index contributed by atoms with van der Waals surface area (Å²) in [6.07, 6.45) is 1.30. The lowest BCUT2D eigenvalue weighted by molar-refractivity contribution is 0.0989. The largest absolute Gasteiger partial charge is 0.485 e. The average Bonchev–Trinajstić information content (AvgIpc) is 3.39. The number of alkyl carbamates (subject to hydrolysis) is 1. The second-order valence-corrected chi connectivity index (χ2v) is 9.11. The minimum atomic E-state index is -0.478. The molecule has 10 nitrogen and oxygen atoms in total. The Balaban J connectivity index is 1.55. The molecule has 11 heteroatoms. The zero-order chi connectivity index (χ0) is 25.5. The van der Waals surface area contributed by atoms with Crippen LogP contribution in [0.4, 0.5) is 22.2 Å².